The van der Waals surface area contributed by atoms with E-state index in [1.165, 1.54) is 7.11 Å². The molecule has 0 saturated carbocycles. The second-order valence-corrected chi connectivity index (χ2v) is 2.54. The highest BCUT2D eigenvalue weighted by atomic mass is 16.5. The minimum Gasteiger partial charge on any atom is -0.465 e. The number of carbonyl (C=O) groups excluding carboxylic acids is 1. The lowest BCUT2D eigenvalue weighted by molar-refractivity contribution is 0.0600. The third-order valence-corrected chi connectivity index (χ3v) is 1.64. The minimum atomic E-state index is -0.331. The highest BCUT2D eigenvalue weighted by Gasteiger charge is 2.03. The second-order valence-electron chi connectivity index (χ2n) is 2.54. The summed E-state index contributed by atoms with van der Waals surface area (Å²) in [6.45, 7) is 0.446. The largest absolute Gasteiger partial charge is 0.465 e. The van der Waals surface area contributed by atoms with Crippen LogP contribution in [-0.2, 0) is 16.1 Å². The van der Waals surface area contributed by atoms with Gasteiger partial charge >= 0.3 is 5.97 Å². The summed E-state index contributed by atoms with van der Waals surface area (Å²) in [7, 11) is 4.62. The van der Waals surface area contributed by atoms with E-state index in [-0.39, 0.29) is 5.97 Å². The van der Waals surface area contributed by atoms with Crippen molar-refractivity contribution in [2.75, 3.05) is 7.11 Å². The Morgan fingerprint density at radius 1 is 1.38 bits per heavy atom. The van der Waals surface area contributed by atoms with E-state index in [0.717, 1.165) is 5.56 Å². The average molecular weight is 179 g/mol. The molecule has 0 N–H and O–H groups in total. The van der Waals surface area contributed by atoms with Crippen molar-refractivity contribution in [2.24, 2.45) is 0 Å². The molecule has 0 aliphatic carbocycles. The molecule has 1 aromatic carbocycles. The summed E-state index contributed by atoms with van der Waals surface area (Å²) in [4.78, 5) is 11.0. The highest BCUT2D eigenvalue weighted by Crippen LogP contribution is 2.06. The Hall–Kier alpha value is -1.35. The first-order valence-corrected chi connectivity index (χ1v) is 3.82. The fraction of sp³-hybridized carbons (Fsp3) is 0.200. The lowest BCUT2D eigenvalue weighted by atomic mass is 10.1. The van der Waals surface area contributed by atoms with E-state index in [1.807, 2.05) is 0 Å². The SMILES string of the molecule is [CH2]OCc1ccc(C(=O)OC)cc1. The van der Waals surface area contributed by atoms with Crippen molar-refractivity contribution in [3.05, 3.63) is 42.5 Å². The fourth-order valence-electron chi connectivity index (χ4n) is 0.973. The van der Waals surface area contributed by atoms with Gasteiger partial charge in [-0.25, -0.2) is 4.79 Å². The van der Waals surface area contributed by atoms with Crippen LogP contribution in [0.15, 0.2) is 24.3 Å². The molecule has 1 aromatic rings. The monoisotopic (exact) mass is 179 g/mol. The predicted octanol–water partition coefficient (Wildman–Crippen LogP) is 1.78. The van der Waals surface area contributed by atoms with Gasteiger partial charge < -0.3 is 9.47 Å². The predicted molar refractivity (Wildman–Crippen MR) is 47.9 cm³/mol. The molecule has 0 fully saturated rings. The van der Waals surface area contributed by atoms with Gasteiger partial charge in [0.1, 0.15) is 0 Å². The van der Waals surface area contributed by atoms with Gasteiger partial charge in [0.05, 0.1) is 26.4 Å². The summed E-state index contributed by atoms with van der Waals surface area (Å²) in [6.07, 6.45) is 0. The van der Waals surface area contributed by atoms with Gasteiger partial charge in [0.15, 0.2) is 0 Å². The zero-order valence-electron chi connectivity index (χ0n) is 7.45. The van der Waals surface area contributed by atoms with Crippen molar-refractivity contribution in [3.63, 3.8) is 0 Å². The number of methoxy groups -OCH3 is 1. The fourth-order valence-corrected chi connectivity index (χ4v) is 0.973. The van der Waals surface area contributed by atoms with Crippen LogP contribution in [0.1, 0.15) is 15.9 Å². The van der Waals surface area contributed by atoms with Crippen LogP contribution in [-0.4, -0.2) is 13.1 Å². The van der Waals surface area contributed by atoms with Crippen LogP contribution >= 0.6 is 0 Å². The topological polar surface area (TPSA) is 35.5 Å². The molecule has 0 amide bonds. The lowest BCUT2D eigenvalue weighted by Gasteiger charge is -2.01. The van der Waals surface area contributed by atoms with Gasteiger partial charge in [0.25, 0.3) is 0 Å². The molecule has 13 heavy (non-hydrogen) atoms. The van der Waals surface area contributed by atoms with Crippen molar-refractivity contribution in [1.29, 1.82) is 0 Å². The number of rotatable bonds is 3. The van der Waals surface area contributed by atoms with Crippen molar-refractivity contribution in [3.8, 4) is 0 Å². The third-order valence-electron chi connectivity index (χ3n) is 1.64. The molecular weight excluding hydrogens is 168 g/mol. The van der Waals surface area contributed by atoms with Crippen molar-refractivity contribution in [1.82, 2.24) is 0 Å². The van der Waals surface area contributed by atoms with E-state index in [4.69, 9.17) is 0 Å². The summed E-state index contributed by atoms with van der Waals surface area (Å²) >= 11 is 0. The Morgan fingerprint density at radius 3 is 2.46 bits per heavy atom. The summed E-state index contributed by atoms with van der Waals surface area (Å²) < 4.78 is 9.24. The molecule has 0 saturated heterocycles. The summed E-state index contributed by atoms with van der Waals surface area (Å²) in [5.41, 5.74) is 1.51. The van der Waals surface area contributed by atoms with Crippen molar-refractivity contribution >= 4 is 5.97 Å². The van der Waals surface area contributed by atoms with Gasteiger partial charge in [-0.3, -0.25) is 0 Å². The number of benzene rings is 1. The maximum Gasteiger partial charge on any atom is 0.337 e. The molecule has 3 nitrogen and oxygen atoms in total. The number of carbonyl (C=O) groups is 1. The summed E-state index contributed by atoms with van der Waals surface area (Å²) in [5.74, 6) is -0.331. The van der Waals surface area contributed by atoms with Crippen LogP contribution in [0.5, 0.6) is 0 Å². The Morgan fingerprint density at radius 2 is 2.00 bits per heavy atom. The third kappa shape index (κ3) is 2.56. The first-order valence-electron chi connectivity index (χ1n) is 3.82. The van der Waals surface area contributed by atoms with E-state index in [0.29, 0.717) is 12.2 Å². The minimum absolute atomic E-state index is 0.331. The molecule has 0 aliphatic heterocycles. The van der Waals surface area contributed by atoms with Crippen molar-refractivity contribution < 1.29 is 14.3 Å². The first kappa shape index (κ1) is 9.74. The molecule has 0 bridgehead atoms. The van der Waals surface area contributed by atoms with E-state index < -0.39 is 0 Å². The lowest BCUT2D eigenvalue weighted by Crippen LogP contribution is -2.00. The smallest absolute Gasteiger partial charge is 0.337 e. The first-order chi connectivity index (χ1) is 6.27. The van der Waals surface area contributed by atoms with Crippen LogP contribution in [0.4, 0.5) is 0 Å². The van der Waals surface area contributed by atoms with Gasteiger partial charge in [0, 0.05) is 0 Å². The quantitative estimate of drug-likeness (QED) is 0.663. The standard InChI is InChI=1S/C10H11O3/c1-12-7-8-3-5-9(6-4-8)10(11)13-2/h3-6H,1,7H2,2H3. The molecule has 0 atom stereocenters. The maximum atomic E-state index is 11.0. The molecule has 1 rings (SSSR count). The number of hydrogen-bond acceptors (Lipinski definition) is 3. The molecule has 0 heterocycles. The normalized spacial score (nSPS) is 9.69. The van der Waals surface area contributed by atoms with E-state index in [9.17, 15) is 4.79 Å². The van der Waals surface area contributed by atoms with Crippen LogP contribution in [0, 0.1) is 7.11 Å². The number of ether oxygens (including phenoxy) is 2. The zero-order chi connectivity index (χ0) is 9.68. The van der Waals surface area contributed by atoms with Crippen LogP contribution < -0.4 is 0 Å². The molecule has 0 unspecified atom stereocenters. The van der Waals surface area contributed by atoms with E-state index in [2.05, 4.69) is 16.6 Å². The van der Waals surface area contributed by atoms with E-state index >= 15 is 0 Å². The maximum absolute atomic E-state index is 11.0. The molecule has 3 heteroatoms. The van der Waals surface area contributed by atoms with Gasteiger partial charge in [-0.05, 0) is 17.7 Å². The molecule has 0 aliphatic rings. The zero-order valence-corrected chi connectivity index (χ0v) is 7.45. The second kappa shape index (κ2) is 4.62. The molecule has 0 aromatic heterocycles. The molecule has 1 radical (unpaired) electrons. The summed E-state index contributed by atoms with van der Waals surface area (Å²) in [5, 5.41) is 0. The Bertz CT molecular complexity index is 277. The van der Waals surface area contributed by atoms with Gasteiger partial charge in [-0.1, -0.05) is 12.1 Å². The highest BCUT2D eigenvalue weighted by molar-refractivity contribution is 5.89. The van der Waals surface area contributed by atoms with Crippen molar-refractivity contribution in [2.45, 2.75) is 6.61 Å². The van der Waals surface area contributed by atoms with Gasteiger partial charge in [-0.2, -0.15) is 0 Å². The Balaban J connectivity index is 2.75. The average Bonchev–Trinajstić information content (AvgIpc) is 2.18. The van der Waals surface area contributed by atoms with Gasteiger partial charge in [-0.15, -0.1) is 0 Å². The Labute approximate surface area is 77.3 Å². The van der Waals surface area contributed by atoms with Crippen LogP contribution in [0.3, 0.4) is 0 Å². The molecular formula is C10H11O3. The van der Waals surface area contributed by atoms with Crippen LogP contribution in [0.25, 0.3) is 0 Å². The molecule has 69 valence electrons. The number of esters is 1. The summed E-state index contributed by atoms with van der Waals surface area (Å²) in [6, 6.07) is 7.00. The Kier molecular flexibility index (Phi) is 3.46. The molecule has 0 spiro atoms. The van der Waals surface area contributed by atoms with Crippen LogP contribution in [0.2, 0.25) is 0 Å². The van der Waals surface area contributed by atoms with Gasteiger partial charge in [0.2, 0.25) is 0 Å². The van der Waals surface area contributed by atoms with E-state index in [1.54, 1.807) is 24.3 Å². The number of hydrogen-bond donors (Lipinski definition) is 0.